The Morgan fingerprint density at radius 2 is 1.73 bits per heavy atom. The zero-order valence-electron chi connectivity index (χ0n) is 14.6. The van der Waals surface area contributed by atoms with Gasteiger partial charge in [-0.05, 0) is 55.5 Å². The summed E-state index contributed by atoms with van der Waals surface area (Å²) in [6.07, 6.45) is 0. The van der Waals surface area contributed by atoms with Crippen molar-refractivity contribution >= 4 is 21.6 Å². The molecule has 0 aromatic heterocycles. The van der Waals surface area contributed by atoms with E-state index < -0.39 is 10.0 Å². The van der Waals surface area contributed by atoms with E-state index in [-0.39, 0.29) is 17.3 Å². The van der Waals surface area contributed by atoms with Crippen LogP contribution in [0.15, 0.2) is 53.4 Å². The quantitative estimate of drug-likeness (QED) is 0.763. The maximum atomic E-state index is 12.2. The van der Waals surface area contributed by atoms with Gasteiger partial charge in [-0.15, -0.1) is 0 Å². The van der Waals surface area contributed by atoms with Crippen molar-refractivity contribution in [3.63, 3.8) is 0 Å². The first-order valence-corrected chi connectivity index (χ1v) is 9.48. The molecule has 0 saturated heterocycles. The molecule has 7 heteroatoms. The second-order valence-corrected chi connectivity index (χ2v) is 7.06. The highest BCUT2D eigenvalue weighted by atomic mass is 32.2. The van der Waals surface area contributed by atoms with Gasteiger partial charge in [-0.2, -0.15) is 4.72 Å². The van der Waals surface area contributed by atoms with Gasteiger partial charge in [0.2, 0.25) is 15.9 Å². The molecule has 0 heterocycles. The molecular formula is C19H20N2O4S. The van der Waals surface area contributed by atoms with Crippen LogP contribution in [-0.4, -0.2) is 27.5 Å². The van der Waals surface area contributed by atoms with E-state index in [2.05, 4.69) is 21.9 Å². The topological polar surface area (TPSA) is 84.5 Å². The Kier molecular flexibility index (Phi) is 6.78. The molecular weight excluding hydrogens is 352 g/mol. The van der Waals surface area contributed by atoms with Crippen molar-refractivity contribution in [3.8, 4) is 17.6 Å². The Hall–Kier alpha value is -2.82. The predicted molar refractivity (Wildman–Crippen MR) is 100 cm³/mol. The van der Waals surface area contributed by atoms with Crippen LogP contribution in [0.3, 0.4) is 0 Å². The average molecular weight is 372 g/mol. The van der Waals surface area contributed by atoms with E-state index in [4.69, 9.17) is 4.74 Å². The van der Waals surface area contributed by atoms with Gasteiger partial charge in [0.25, 0.3) is 0 Å². The van der Waals surface area contributed by atoms with Crippen LogP contribution in [-0.2, 0) is 14.8 Å². The van der Waals surface area contributed by atoms with Crippen LogP contribution in [0.4, 0.5) is 5.69 Å². The molecule has 0 fully saturated rings. The molecule has 2 aromatic rings. The Morgan fingerprint density at radius 1 is 1.08 bits per heavy atom. The summed E-state index contributed by atoms with van der Waals surface area (Å²) in [4.78, 5) is 11.1. The maximum Gasteiger partial charge on any atom is 0.241 e. The van der Waals surface area contributed by atoms with Crippen molar-refractivity contribution in [2.24, 2.45) is 0 Å². The van der Waals surface area contributed by atoms with E-state index in [9.17, 15) is 13.2 Å². The third-order valence-corrected chi connectivity index (χ3v) is 4.65. The normalized spacial score (nSPS) is 10.5. The van der Waals surface area contributed by atoms with Crippen molar-refractivity contribution in [3.05, 3.63) is 54.1 Å². The molecule has 26 heavy (non-hydrogen) atoms. The van der Waals surface area contributed by atoms with Crippen molar-refractivity contribution in [2.75, 3.05) is 18.5 Å². The van der Waals surface area contributed by atoms with E-state index >= 15 is 0 Å². The van der Waals surface area contributed by atoms with Gasteiger partial charge in [-0.3, -0.25) is 4.79 Å². The maximum absolute atomic E-state index is 12.2. The number of nitrogens with one attached hydrogen (secondary N) is 2. The molecule has 1 amide bonds. The molecule has 2 rings (SSSR count). The number of ether oxygens (including phenoxy) is 1. The van der Waals surface area contributed by atoms with Crippen LogP contribution in [0.2, 0.25) is 0 Å². The van der Waals surface area contributed by atoms with Crippen LogP contribution in [0, 0.1) is 11.8 Å². The number of rotatable bonds is 6. The van der Waals surface area contributed by atoms with Crippen LogP contribution in [0.25, 0.3) is 0 Å². The molecule has 2 N–H and O–H groups in total. The first-order valence-electron chi connectivity index (χ1n) is 8.00. The third kappa shape index (κ3) is 5.92. The fourth-order valence-corrected chi connectivity index (χ4v) is 3.01. The monoisotopic (exact) mass is 372 g/mol. The Balaban J connectivity index is 1.94. The summed E-state index contributed by atoms with van der Waals surface area (Å²) >= 11 is 0. The molecule has 0 aliphatic carbocycles. The minimum Gasteiger partial charge on any atom is -0.494 e. The highest BCUT2D eigenvalue weighted by Gasteiger charge is 2.12. The molecule has 2 aromatic carbocycles. The number of amides is 1. The largest absolute Gasteiger partial charge is 0.494 e. The summed E-state index contributed by atoms with van der Waals surface area (Å²) in [5.41, 5.74) is 1.40. The van der Waals surface area contributed by atoms with Gasteiger partial charge in [0.05, 0.1) is 18.0 Å². The van der Waals surface area contributed by atoms with Crippen molar-refractivity contribution in [1.82, 2.24) is 4.72 Å². The van der Waals surface area contributed by atoms with E-state index in [0.717, 1.165) is 5.56 Å². The third-order valence-electron chi connectivity index (χ3n) is 3.23. The van der Waals surface area contributed by atoms with Gasteiger partial charge < -0.3 is 10.1 Å². The summed E-state index contributed by atoms with van der Waals surface area (Å²) < 4.78 is 32.1. The van der Waals surface area contributed by atoms with Gasteiger partial charge in [-0.25, -0.2) is 8.42 Å². The standard InChI is InChI=1S/C19H20N2O4S/c1-3-25-18-10-12-19(13-11-18)26(23,24)20-14-4-5-16-6-8-17(9-7-16)21-15(2)22/h6-13,20H,3,14H2,1-2H3,(H,21,22). The number of carbonyl (C=O) groups excluding carboxylic acids is 1. The lowest BCUT2D eigenvalue weighted by Gasteiger charge is -2.06. The van der Waals surface area contributed by atoms with Crippen LogP contribution >= 0.6 is 0 Å². The Bertz CT molecular complexity index is 909. The van der Waals surface area contributed by atoms with E-state index in [1.807, 2.05) is 6.92 Å². The molecule has 0 atom stereocenters. The minimum absolute atomic E-state index is 0.0109. The lowest BCUT2D eigenvalue weighted by Crippen LogP contribution is -2.23. The zero-order valence-corrected chi connectivity index (χ0v) is 15.4. The van der Waals surface area contributed by atoms with Crippen molar-refractivity contribution in [1.29, 1.82) is 0 Å². The molecule has 0 spiro atoms. The predicted octanol–water partition coefficient (Wildman–Crippen LogP) is 2.37. The van der Waals surface area contributed by atoms with E-state index in [1.165, 1.54) is 19.1 Å². The fourth-order valence-electron chi connectivity index (χ4n) is 2.08. The Morgan fingerprint density at radius 3 is 2.31 bits per heavy atom. The molecule has 0 radical (unpaired) electrons. The number of hydrogen-bond acceptors (Lipinski definition) is 4. The highest BCUT2D eigenvalue weighted by Crippen LogP contribution is 2.15. The molecule has 0 aliphatic heterocycles. The van der Waals surface area contributed by atoms with E-state index in [1.54, 1.807) is 36.4 Å². The van der Waals surface area contributed by atoms with Gasteiger partial charge in [0, 0.05) is 18.2 Å². The number of benzene rings is 2. The highest BCUT2D eigenvalue weighted by molar-refractivity contribution is 7.89. The Labute approximate surface area is 153 Å². The smallest absolute Gasteiger partial charge is 0.241 e. The number of carbonyl (C=O) groups is 1. The molecule has 0 saturated carbocycles. The number of anilines is 1. The lowest BCUT2D eigenvalue weighted by molar-refractivity contribution is -0.114. The number of hydrogen-bond donors (Lipinski definition) is 2. The van der Waals surface area contributed by atoms with Gasteiger partial charge in [0.15, 0.2) is 0 Å². The number of sulfonamides is 1. The van der Waals surface area contributed by atoms with Crippen LogP contribution < -0.4 is 14.8 Å². The average Bonchev–Trinajstić information content (AvgIpc) is 2.60. The SMILES string of the molecule is CCOc1ccc(S(=O)(=O)NCC#Cc2ccc(NC(C)=O)cc2)cc1. The van der Waals surface area contributed by atoms with Crippen LogP contribution in [0.5, 0.6) is 5.75 Å². The summed E-state index contributed by atoms with van der Waals surface area (Å²) in [6, 6.07) is 13.2. The zero-order chi connectivity index (χ0) is 19.0. The van der Waals surface area contributed by atoms with Gasteiger partial charge >= 0.3 is 0 Å². The van der Waals surface area contributed by atoms with Crippen molar-refractivity contribution < 1.29 is 17.9 Å². The molecule has 136 valence electrons. The summed E-state index contributed by atoms with van der Waals surface area (Å²) in [6.45, 7) is 3.80. The van der Waals surface area contributed by atoms with E-state index in [0.29, 0.717) is 18.0 Å². The molecule has 0 unspecified atom stereocenters. The second kappa shape index (κ2) is 9.04. The molecule has 0 bridgehead atoms. The summed E-state index contributed by atoms with van der Waals surface area (Å²) in [5, 5.41) is 2.66. The molecule has 6 nitrogen and oxygen atoms in total. The minimum atomic E-state index is -3.62. The van der Waals surface area contributed by atoms with Gasteiger partial charge in [0.1, 0.15) is 5.75 Å². The molecule has 0 aliphatic rings. The second-order valence-electron chi connectivity index (χ2n) is 5.29. The summed E-state index contributed by atoms with van der Waals surface area (Å²) in [7, 11) is -3.62. The lowest BCUT2D eigenvalue weighted by atomic mass is 10.2. The fraction of sp³-hybridized carbons (Fsp3) is 0.211. The summed E-state index contributed by atoms with van der Waals surface area (Å²) in [5.74, 6) is 6.11. The first kappa shape index (κ1) is 19.5. The van der Waals surface area contributed by atoms with Crippen LogP contribution in [0.1, 0.15) is 19.4 Å². The van der Waals surface area contributed by atoms with Gasteiger partial charge in [-0.1, -0.05) is 11.8 Å². The first-order chi connectivity index (χ1) is 12.4. The van der Waals surface area contributed by atoms with Crippen molar-refractivity contribution in [2.45, 2.75) is 18.7 Å².